The van der Waals surface area contributed by atoms with Gasteiger partial charge in [-0.05, 0) is 34.1 Å². The number of nitrogens with two attached hydrogens (primary N) is 1. The fraction of sp³-hybridized carbons (Fsp3) is 0.200. The first-order valence-corrected chi connectivity index (χ1v) is 7.22. The van der Waals surface area contributed by atoms with Crippen molar-refractivity contribution in [1.29, 1.82) is 0 Å². The Balaban J connectivity index is 1.94. The normalized spacial score (nSPS) is 12.8. The maximum absolute atomic E-state index is 6.29. The van der Waals surface area contributed by atoms with Crippen LogP contribution in [0.2, 0.25) is 0 Å². The minimum Gasteiger partial charge on any atom is -0.322 e. The predicted molar refractivity (Wildman–Crippen MR) is 83.3 cm³/mol. The number of fused-ring (bicyclic) bond motifs is 1. The van der Waals surface area contributed by atoms with Gasteiger partial charge in [0.1, 0.15) is 0 Å². The molecule has 1 aromatic carbocycles. The molecule has 1 unspecified atom stereocenters. The molecule has 0 aliphatic rings. The van der Waals surface area contributed by atoms with Gasteiger partial charge < -0.3 is 5.73 Å². The number of hydrogen-bond donors (Lipinski definition) is 1. The number of pyridine rings is 1. The van der Waals surface area contributed by atoms with Crippen LogP contribution in [0, 0.1) is 0 Å². The highest BCUT2D eigenvalue weighted by molar-refractivity contribution is 9.10. The molecule has 3 rings (SSSR count). The number of aromatic nitrogens is 3. The third-order valence-electron chi connectivity index (χ3n) is 3.25. The Morgan fingerprint density at radius 2 is 2.10 bits per heavy atom. The number of rotatable bonds is 3. The molecule has 2 N–H and O–H groups in total. The van der Waals surface area contributed by atoms with E-state index in [1.54, 1.807) is 4.68 Å². The molecule has 20 heavy (non-hydrogen) atoms. The largest absolute Gasteiger partial charge is 0.322 e. The predicted octanol–water partition coefficient (Wildman–Crippen LogP) is 2.97. The summed E-state index contributed by atoms with van der Waals surface area (Å²) in [7, 11) is 1.90. The van der Waals surface area contributed by atoms with E-state index in [4.69, 9.17) is 5.73 Å². The number of hydrogen-bond acceptors (Lipinski definition) is 3. The van der Waals surface area contributed by atoms with E-state index >= 15 is 0 Å². The van der Waals surface area contributed by atoms with Crippen LogP contribution in [0.4, 0.5) is 0 Å². The zero-order chi connectivity index (χ0) is 14.1. The first-order chi connectivity index (χ1) is 9.63. The number of aryl methyl sites for hydroxylation is 1. The van der Waals surface area contributed by atoms with Gasteiger partial charge in [0.2, 0.25) is 0 Å². The molecule has 5 heteroatoms. The zero-order valence-corrected chi connectivity index (χ0v) is 12.7. The van der Waals surface area contributed by atoms with Gasteiger partial charge in [-0.1, -0.05) is 18.2 Å². The van der Waals surface area contributed by atoms with Crippen molar-refractivity contribution in [3.63, 3.8) is 0 Å². The van der Waals surface area contributed by atoms with Crippen LogP contribution in [0.25, 0.3) is 10.9 Å². The lowest BCUT2D eigenvalue weighted by atomic mass is 10.1. The van der Waals surface area contributed by atoms with Crippen LogP contribution in [0.15, 0.2) is 47.1 Å². The van der Waals surface area contributed by atoms with Crippen molar-refractivity contribution >= 4 is 26.8 Å². The highest BCUT2D eigenvalue weighted by atomic mass is 79.9. The number of nitrogens with zero attached hydrogens (tertiary/aromatic N) is 3. The lowest BCUT2D eigenvalue weighted by Crippen LogP contribution is -2.16. The number of benzene rings is 1. The molecule has 102 valence electrons. The SMILES string of the molecule is Cn1ccc(CC(N)c2nc3ccccc3cc2Br)n1. The highest BCUT2D eigenvalue weighted by Gasteiger charge is 2.14. The van der Waals surface area contributed by atoms with Gasteiger partial charge in [0.05, 0.1) is 22.9 Å². The molecule has 3 aromatic rings. The average molecular weight is 331 g/mol. The Morgan fingerprint density at radius 3 is 2.85 bits per heavy atom. The molecule has 1 atom stereocenters. The fourth-order valence-electron chi connectivity index (χ4n) is 2.26. The zero-order valence-electron chi connectivity index (χ0n) is 11.1. The van der Waals surface area contributed by atoms with Crippen LogP contribution in [-0.2, 0) is 13.5 Å². The maximum Gasteiger partial charge on any atom is 0.0724 e. The molecule has 0 aliphatic heterocycles. The quantitative estimate of drug-likeness (QED) is 0.803. The van der Waals surface area contributed by atoms with E-state index in [1.165, 1.54) is 0 Å². The number of halogens is 1. The van der Waals surface area contributed by atoms with Gasteiger partial charge in [0.15, 0.2) is 0 Å². The molecule has 0 aliphatic carbocycles. The summed E-state index contributed by atoms with van der Waals surface area (Å²) in [5.41, 5.74) is 9.09. The van der Waals surface area contributed by atoms with Gasteiger partial charge in [0.25, 0.3) is 0 Å². The van der Waals surface area contributed by atoms with E-state index in [-0.39, 0.29) is 6.04 Å². The van der Waals surface area contributed by atoms with E-state index < -0.39 is 0 Å². The average Bonchev–Trinajstić information content (AvgIpc) is 2.83. The van der Waals surface area contributed by atoms with E-state index in [2.05, 4.69) is 32.1 Å². The van der Waals surface area contributed by atoms with Crippen LogP contribution in [0.3, 0.4) is 0 Å². The molecule has 4 nitrogen and oxygen atoms in total. The van der Waals surface area contributed by atoms with E-state index in [9.17, 15) is 0 Å². The summed E-state index contributed by atoms with van der Waals surface area (Å²) in [4.78, 5) is 4.67. The molecular formula is C15H15BrN4. The van der Waals surface area contributed by atoms with Gasteiger partial charge in [-0.2, -0.15) is 5.10 Å². The molecule has 0 fully saturated rings. The molecular weight excluding hydrogens is 316 g/mol. The van der Waals surface area contributed by atoms with Crippen molar-refractivity contribution < 1.29 is 0 Å². The summed E-state index contributed by atoms with van der Waals surface area (Å²) in [6.45, 7) is 0. The molecule has 0 radical (unpaired) electrons. The summed E-state index contributed by atoms with van der Waals surface area (Å²) in [5, 5.41) is 5.47. The molecule has 0 saturated heterocycles. The third kappa shape index (κ3) is 2.59. The second-order valence-electron chi connectivity index (χ2n) is 4.84. The first-order valence-electron chi connectivity index (χ1n) is 6.43. The van der Waals surface area contributed by atoms with Crippen LogP contribution < -0.4 is 5.73 Å². The molecule has 0 spiro atoms. The minimum absolute atomic E-state index is 0.177. The molecule has 0 amide bonds. The van der Waals surface area contributed by atoms with E-state index in [0.29, 0.717) is 6.42 Å². The lowest BCUT2D eigenvalue weighted by Gasteiger charge is -2.12. The Hall–Kier alpha value is -1.72. The summed E-state index contributed by atoms with van der Waals surface area (Å²) in [6, 6.07) is 11.9. The van der Waals surface area contributed by atoms with Crippen molar-refractivity contribution in [3.05, 3.63) is 58.5 Å². The van der Waals surface area contributed by atoms with Crippen molar-refractivity contribution in [2.45, 2.75) is 12.5 Å². The minimum atomic E-state index is -0.177. The van der Waals surface area contributed by atoms with Gasteiger partial charge in [-0.15, -0.1) is 0 Å². The summed E-state index contributed by atoms with van der Waals surface area (Å²) < 4.78 is 2.73. The molecule has 2 aromatic heterocycles. The summed E-state index contributed by atoms with van der Waals surface area (Å²) in [5.74, 6) is 0. The van der Waals surface area contributed by atoms with Crippen molar-refractivity contribution in [2.24, 2.45) is 12.8 Å². The first kappa shape index (κ1) is 13.3. The fourth-order valence-corrected chi connectivity index (χ4v) is 2.89. The van der Waals surface area contributed by atoms with Crippen molar-refractivity contribution in [1.82, 2.24) is 14.8 Å². The second-order valence-corrected chi connectivity index (χ2v) is 5.69. The highest BCUT2D eigenvalue weighted by Crippen LogP contribution is 2.26. The summed E-state index contributed by atoms with van der Waals surface area (Å²) in [6.07, 6.45) is 2.59. The summed E-state index contributed by atoms with van der Waals surface area (Å²) >= 11 is 3.57. The van der Waals surface area contributed by atoms with Crippen molar-refractivity contribution in [2.75, 3.05) is 0 Å². The second kappa shape index (κ2) is 5.34. The van der Waals surface area contributed by atoms with E-state index in [1.807, 2.05) is 43.6 Å². The Kier molecular flexibility index (Phi) is 3.54. The van der Waals surface area contributed by atoms with Gasteiger partial charge >= 0.3 is 0 Å². The van der Waals surface area contributed by atoms with Crippen LogP contribution in [0.1, 0.15) is 17.4 Å². The Labute approximate surface area is 125 Å². The topological polar surface area (TPSA) is 56.7 Å². The number of para-hydroxylation sites is 1. The Morgan fingerprint density at radius 1 is 1.30 bits per heavy atom. The lowest BCUT2D eigenvalue weighted by molar-refractivity contribution is 0.660. The molecule has 0 saturated carbocycles. The van der Waals surface area contributed by atoms with Crippen LogP contribution in [-0.4, -0.2) is 14.8 Å². The molecule has 2 heterocycles. The van der Waals surface area contributed by atoms with Crippen LogP contribution >= 0.6 is 15.9 Å². The monoisotopic (exact) mass is 330 g/mol. The van der Waals surface area contributed by atoms with Gasteiger partial charge in [-0.25, -0.2) is 4.98 Å². The maximum atomic E-state index is 6.29. The third-order valence-corrected chi connectivity index (χ3v) is 3.89. The molecule has 0 bridgehead atoms. The van der Waals surface area contributed by atoms with Gasteiger partial charge in [-0.3, -0.25) is 4.68 Å². The smallest absolute Gasteiger partial charge is 0.0724 e. The van der Waals surface area contributed by atoms with Crippen molar-refractivity contribution in [3.8, 4) is 0 Å². The van der Waals surface area contributed by atoms with Crippen LogP contribution in [0.5, 0.6) is 0 Å². The van der Waals surface area contributed by atoms with E-state index in [0.717, 1.165) is 26.8 Å². The van der Waals surface area contributed by atoms with Gasteiger partial charge in [0, 0.05) is 29.5 Å². The Bertz CT molecular complexity index is 750. The standard InChI is InChI=1S/C15H15BrN4/c1-20-7-6-11(19-20)9-13(17)15-12(16)8-10-4-2-3-5-14(10)18-15/h2-8,13H,9,17H2,1H3.